The van der Waals surface area contributed by atoms with Gasteiger partial charge in [0.15, 0.2) is 5.96 Å². The number of aliphatic imine (C=N–C) groups is 1. The van der Waals surface area contributed by atoms with Crippen LogP contribution in [0.5, 0.6) is 0 Å². The fourth-order valence-corrected chi connectivity index (χ4v) is 8.21. The maximum absolute atomic E-state index is 13.6. The van der Waals surface area contributed by atoms with Gasteiger partial charge in [-0.05, 0) is 94.4 Å². The maximum atomic E-state index is 13.6. The molecule has 10 nitrogen and oxygen atoms in total. The van der Waals surface area contributed by atoms with Crippen LogP contribution < -0.4 is 22.5 Å². The van der Waals surface area contributed by atoms with Crippen LogP contribution in [0.4, 0.5) is 0 Å². The maximum Gasteiger partial charge on any atom is 0.323 e. The molecule has 5 saturated carbocycles. The SMILES string of the molecule is CN[C@@H](CCCN=C(N)N)C(=O)OC12CC3C[C@H](C1)CC([C@H](N)C(=O)N1C4CC4C[C@H]1C#N)(C3)C2. The highest BCUT2D eigenvalue weighted by molar-refractivity contribution is 5.84. The lowest BCUT2D eigenvalue weighted by molar-refractivity contribution is -0.207. The molecule has 0 aromatic carbocycles. The van der Waals surface area contributed by atoms with Crippen LogP contribution in [0.2, 0.25) is 0 Å². The minimum atomic E-state index is -0.652. The van der Waals surface area contributed by atoms with Crippen molar-refractivity contribution < 1.29 is 14.3 Å². The molecule has 35 heavy (non-hydrogen) atoms. The fourth-order valence-electron chi connectivity index (χ4n) is 8.21. The first kappa shape index (κ1) is 24.3. The second-order valence-electron chi connectivity index (χ2n) is 11.9. The molecule has 1 heterocycles. The number of rotatable bonds is 9. The lowest BCUT2D eigenvalue weighted by Gasteiger charge is -2.62. The summed E-state index contributed by atoms with van der Waals surface area (Å²) in [5.74, 6) is 1.01. The van der Waals surface area contributed by atoms with Crippen LogP contribution in [0.25, 0.3) is 0 Å². The number of hydrogen-bond acceptors (Lipinski definition) is 7. The number of piperidine rings is 1. The van der Waals surface area contributed by atoms with Crippen LogP contribution in [0.15, 0.2) is 4.99 Å². The molecule has 1 saturated heterocycles. The van der Waals surface area contributed by atoms with Gasteiger partial charge in [-0.3, -0.25) is 14.6 Å². The highest BCUT2D eigenvalue weighted by Gasteiger charge is 2.64. The quantitative estimate of drug-likeness (QED) is 0.157. The lowest BCUT2D eigenvalue weighted by Crippen LogP contribution is -2.66. The van der Waals surface area contributed by atoms with Crippen molar-refractivity contribution in [3.05, 3.63) is 0 Å². The second-order valence-corrected chi connectivity index (χ2v) is 11.9. The topological polar surface area (TPSA) is 173 Å². The Morgan fingerprint density at radius 1 is 1.20 bits per heavy atom. The number of nitrogens with one attached hydrogen (secondary N) is 1. The van der Waals surface area contributed by atoms with E-state index in [0.29, 0.717) is 43.6 Å². The van der Waals surface area contributed by atoms with Crippen molar-refractivity contribution in [2.45, 2.75) is 94.0 Å². The van der Waals surface area contributed by atoms with Gasteiger partial charge in [0.25, 0.3) is 0 Å². The Balaban J connectivity index is 1.29. The van der Waals surface area contributed by atoms with E-state index in [-0.39, 0.29) is 35.3 Å². The Morgan fingerprint density at radius 2 is 1.91 bits per heavy atom. The van der Waals surface area contributed by atoms with Crippen LogP contribution in [0.3, 0.4) is 0 Å². The number of nitriles is 1. The third kappa shape index (κ3) is 4.38. The van der Waals surface area contributed by atoms with Crippen molar-refractivity contribution >= 4 is 17.8 Å². The van der Waals surface area contributed by atoms with E-state index in [0.717, 1.165) is 44.9 Å². The number of amides is 1. The first-order chi connectivity index (χ1) is 16.7. The summed E-state index contributed by atoms with van der Waals surface area (Å²) in [5.41, 5.74) is 16.6. The van der Waals surface area contributed by atoms with Gasteiger partial charge in [0, 0.05) is 12.6 Å². The van der Waals surface area contributed by atoms with E-state index < -0.39 is 17.7 Å². The fraction of sp³-hybridized carbons (Fsp3) is 0.840. The highest BCUT2D eigenvalue weighted by atomic mass is 16.6. The van der Waals surface area contributed by atoms with Gasteiger partial charge in [0.05, 0.1) is 12.1 Å². The minimum absolute atomic E-state index is 0.0468. The predicted octanol–water partition coefficient (Wildman–Crippen LogP) is 0.350. The van der Waals surface area contributed by atoms with Gasteiger partial charge in [0.2, 0.25) is 5.91 Å². The molecule has 6 fully saturated rings. The van der Waals surface area contributed by atoms with Crippen molar-refractivity contribution in [1.29, 1.82) is 5.26 Å². The molecule has 1 aliphatic heterocycles. The molecule has 7 N–H and O–H groups in total. The molecular formula is C25H39N7O3. The van der Waals surface area contributed by atoms with Crippen molar-refractivity contribution in [2.75, 3.05) is 13.6 Å². The van der Waals surface area contributed by atoms with Crippen molar-refractivity contribution in [3.8, 4) is 6.07 Å². The zero-order chi connectivity index (χ0) is 25.0. The van der Waals surface area contributed by atoms with Gasteiger partial charge >= 0.3 is 5.97 Å². The van der Waals surface area contributed by atoms with Gasteiger partial charge in [-0.2, -0.15) is 5.26 Å². The summed E-state index contributed by atoms with van der Waals surface area (Å²) in [6.07, 6.45) is 8.25. The van der Waals surface area contributed by atoms with Crippen LogP contribution in [-0.2, 0) is 14.3 Å². The molecule has 5 aliphatic carbocycles. The summed E-state index contributed by atoms with van der Waals surface area (Å²) < 4.78 is 6.31. The third-order valence-electron chi connectivity index (χ3n) is 9.38. The van der Waals surface area contributed by atoms with Gasteiger partial charge in [-0.25, -0.2) is 0 Å². The Bertz CT molecular complexity index is 928. The minimum Gasteiger partial charge on any atom is -0.458 e. The average molecular weight is 486 g/mol. The Labute approximate surface area is 207 Å². The summed E-state index contributed by atoms with van der Waals surface area (Å²) in [6.45, 7) is 0.463. The second kappa shape index (κ2) is 8.93. The average Bonchev–Trinajstić information content (AvgIpc) is 3.46. The molecule has 0 radical (unpaired) electrons. The van der Waals surface area contributed by atoms with E-state index in [1.165, 1.54) is 0 Å². The Kier molecular flexibility index (Phi) is 6.20. The number of fused-ring (bicyclic) bond motifs is 1. The zero-order valence-corrected chi connectivity index (χ0v) is 20.6. The van der Waals surface area contributed by atoms with Crippen LogP contribution in [-0.4, -0.2) is 66.1 Å². The normalized spacial score (nSPS) is 39.9. The first-order valence-corrected chi connectivity index (χ1v) is 13.1. The largest absolute Gasteiger partial charge is 0.458 e. The molecule has 5 unspecified atom stereocenters. The molecule has 4 bridgehead atoms. The number of ether oxygens (including phenoxy) is 1. The van der Waals surface area contributed by atoms with E-state index in [2.05, 4.69) is 16.4 Å². The molecule has 10 heteroatoms. The van der Waals surface area contributed by atoms with E-state index in [4.69, 9.17) is 21.9 Å². The predicted molar refractivity (Wildman–Crippen MR) is 129 cm³/mol. The van der Waals surface area contributed by atoms with Gasteiger partial charge < -0.3 is 32.2 Å². The van der Waals surface area contributed by atoms with E-state index in [1.54, 1.807) is 11.9 Å². The number of carbonyl (C=O) groups is 2. The number of guanidine groups is 1. The molecule has 9 atom stereocenters. The molecule has 1 amide bonds. The molecule has 0 aromatic rings. The summed E-state index contributed by atoms with van der Waals surface area (Å²) in [4.78, 5) is 32.7. The van der Waals surface area contributed by atoms with Gasteiger partial charge in [0.1, 0.15) is 17.7 Å². The molecule has 6 aliphatic rings. The van der Waals surface area contributed by atoms with Crippen molar-refractivity contribution in [3.63, 3.8) is 0 Å². The van der Waals surface area contributed by atoms with E-state index >= 15 is 0 Å². The van der Waals surface area contributed by atoms with Gasteiger partial charge in [-0.15, -0.1) is 0 Å². The smallest absolute Gasteiger partial charge is 0.323 e. The van der Waals surface area contributed by atoms with Crippen molar-refractivity contribution in [1.82, 2.24) is 10.2 Å². The summed E-state index contributed by atoms with van der Waals surface area (Å²) in [6, 6.07) is 1.07. The first-order valence-electron chi connectivity index (χ1n) is 13.1. The molecule has 192 valence electrons. The molecule has 0 aromatic heterocycles. The standard InChI is InChI=1S/C25H39N7O3/c1-30-18(3-2-4-31-23(28)29)22(34)35-25-10-14-5-15(11-25)9-24(8-14,13-25)20(27)21(33)32-17(12-26)6-16-7-19(16)32/h14-20,30H,2-11,13,27H2,1H3,(H4,28,29,31)/t14-,15?,16?,17-,18-,19?,20+,24?,25?/m0/s1. The highest BCUT2D eigenvalue weighted by Crippen LogP contribution is 2.64. The number of nitrogens with zero attached hydrogens (tertiary/aromatic N) is 3. The van der Waals surface area contributed by atoms with Crippen LogP contribution >= 0.6 is 0 Å². The van der Waals surface area contributed by atoms with Gasteiger partial charge in [-0.1, -0.05) is 0 Å². The number of carbonyl (C=O) groups excluding carboxylic acids is 2. The number of hydrogen-bond donors (Lipinski definition) is 4. The molecular weight excluding hydrogens is 446 g/mol. The van der Waals surface area contributed by atoms with E-state index in [1.807, 2.05) is 0 Å². The Morgan fingerprint density at radius 3 is 2.54 bits per heavy atom. The molecule has 0 spiro atoms. The number of esters is 1. The Hall–Kier alpha value is -2.38. The van der Waals surface area contributed by atoms with Crippen LogP contribution in [0, 0.1) is 34.5 Å². The van der Waals surface area contributed by atoms with E-state index in [9.17, 15) is 14.9 Å². The number of likely N-dealkylation sites (tertiary alicyclic amines) is 1. The lowest BCUT2D eigenvalue weighted by atomic mass is 9.46. The zero-order valence-electron chi connectivity index (χ0n) is 20.6. The van der Waals surface area contributed by atoms with Crippen molar-refractivity contribution in [2.24, 2.45) is 45.4 Å². The summed E-state index contributed by atoms with van der Waals surface area (Å²) >= 11 is 0. The molecule has 6 rings (SSSR count). The monoisotopic (exact) mass is 485 g/mol. The van der Waals surface area contributed by atoms with Crippen LogP contribution in [0.1, 0.15) is 64.2 Å². The number of nitrogens with two attached hydrogens (primary N) is 3. The third-order valence-corrected chi connectivity index (χ3v) is 9.38. The number of likely N-dealkylation sites (N-methyl/N-ethyl adjacent to an activating group) is 1. The summed E-state index contributed by atoms with van der Waals surface area (Å²) in [5, 5.41) is 12.7. The summed E-state index contributed by atoms with van der Waals surface area (Å²) in [7, 11) is 1.76.